The highest BCUT2D eigenvalue weighted by atomic mass is 79.9. The van der Waals surface area contributed by atoms with E-state index in [0.29, 0.717) is 9.50 Å². The summed E-state index contributed by atoms with van der Waals surface area (Å²) in [4.78, 5) is 29.3. The second-order valence-electron chi connectivity index (χ2n) is 3.28. The highest BCUT2D eigenvalue weighted by Gasteiger charge is 2.08. The minimum atomic E-state index is -0.970. The summed E-state index contributed by atoms with van der Waals surface area (Å²) in [6.45, 7) is 0. The van der Waals surface area contributed by atoms with Gasteiger partial charge in [-0.1, -0.05) is 11.8 Å². The van der Waals surface area contributed by atoms with Crippen LogP contribution in [-0.2, 0) is 0 Å². The van der Waals surface area contributed by atoms with Crippen LogP contribution in [0.5, 0.6) is 0 Å². The molecule has 0 aliphatic carbocycles. The zero-order valence-electron chi connectivity index (χ0n) is 8.88. The number of H-pyrrole nitrogens is 1. The second kappa shape index (κ2) is 5.36. The van der Waals surface area contributed by atoms with Gasteiger partial charge in [0.2, 0.25) is 0 Å². The maximum atomic E-state index is 11.3. The van der Waals surface area contributed by atoms with Crippen molar-refractivity contribution in [3.8, 4) is 0 Å². The molecule has 2 rings (SSSR count). The maximum absolute atomic E-state index is 11.3. The predicted octanol–water partition coefficient (Wildman–Crippen LogP) is 2.38. The van der Waals surface area contributed by atoms with E-state index >= 15 is 0 Å². The lowest BCUT2D eigenvalue weighted by Crippen LogP contribution is -2.07. The monoisotopic (exact) mass is 326 g/mol. The zero-order chi connectivity index (χ0) is 13.1. The molecule has 0 bridgehead atoms. The number of aromatic amines is 1. The van der Waals surface area contributed by atoms with E-state index in [1.807, 2.05) is 0 Å². The molecule has 0 amide bonds. The van der Waals surface area contributed by atoms with Crippen LogP contribution >= 0.6 is 27.7 Å². The van der Waals surface area contributed by atoms with Crippen LogP contribution in [-0.4, -0.2) is 21.0 Å². The summed E-state index contributed by atoms with van der Waals surface area (Å²) in [5.74, 6) is -0.970. The molecular weight excluding hydrogens is 320 g/mol. The lowest BCUT2D eigenvalue weighted by molar-refractivity contribution is 0.0697. The number of halogens is 1. The van der Waals surface area contributed by atoms with Gasteiger partial charge >= 0.3 is 5.97 Å². The Balaban J connectivity index is 2.26. The molecule has 0 saturated carbocycles. The van der Waals surface area contributed by atoms with Gasteiger partial charge in [0.1, 0.15) is 9.50 Å². The van der Waals surface area contributed by atoms with Gasteiger partial charge in [0, 0.05) is 4.90 Å². The smallest absolute Gasteiger partial charge is 0.335 e. The van der Waals surface area contributed by atoms with Crippen LogP contribution in [0.3, 0.4) is 0 Å². The summed E-state index contributed by atoms with van der Waals surface area (Å²) in [7, 11) is 0. The summed E-state index contributed by atoms with van der Waals surface area (Å²) in [5, 5.41) is 9.30. The van der Waals surface area contributed by atoms with E-state index < -0.39 is 5.97 Å². The number of carbonyl (C=O) groups is 1. The second-order valence-corrected chi connectivity index (χ2v) is 5.14. The van der Waals surface area contributed by atoms with Gasteiger partial charge in [-0.3, -0.25) is 4.79 Å². The van der Waals surface area contributed by atoms with Gasteiger partial charge in [-0.2, -0.15) is 0 Å². The molecule has 0 aliphatic rings. The molecule has 2 aromatic rings. The Bertz CT molecular complexity index is 639. The fourth-order valence-electron chi connectivity index (χ4n) is 1.22. The third kappa shape index (κ3) is 2.80. The standard InChI is InChI=1S/C11H7BrN2O3S/c12-8-9(15)13-5-14-10(8)18-7-3-1-6(2-4-7)11(16)17/h1-5H,(H,16,17)(H,13,14,15). The summed E-state index contributed by atoms with van der Waals surface area (Å²) < 4.78 is 0.359. The molecular formula is C11H7BrN2O3S. The minimum absolute atomic E-state index is 0.220. The molecule has 0 unspecified atom stereocenters. The molecule has 0 radical (unpaired) electrons. The summed E-state index contributed by atoms with van der Waals surface area (Å²) in [6.07, 6.45) is 1.32. The van der Waals surface area contributed by atoms with E-state index in [1.165, 1.54) is 30.2 Å². The Morgan fingerprint density at radius 2 is 2.00 bits per heavy atom. The van der Waals surface area contributed by atoms with Crippen molar-refractivity contribution < 1.29 is 9.90 Å². The predicted molar refractivity (Wildman–Crippen MR) is 70.1 cm³/mol. The van der Waals surface area contributed by atoms with Crippen LogP contribution < -0.4 is 5.56 Å². The molecule has 1 aromatic heterocycles. The van der Waals surface area contributed by atoms with Crippen molar-refractivity contribution in [1.29, 1.82) is 0 Å². The number of benzene rings is 1. The normalized spacial score (nSPS) is 10.3. The fraction of sp³-hybridized carbons (Fsp3) is 0. The molecule has 0 fully saturated rings. The molecule has 2 N–H and O–H groups in total. The lowest BCUT2D eigenvalue weighted by Gasteiger charge is -2.02. The van der Waals surface area contributed by atoms with E-state index in [9.17, 15) is 9.59 Å². The lowest BCUT2D eigenvalue weighted by atomic mass is 10.2. The number of carboxylic acid groups (broad SMARTS) is 1. The first-order valence-electron chi connectivity index (χ1n) is 4.82. The fourth-order valence-corrected chi connectivity index (χ4v) is 2.46. The van der Waals surface area contributed by atoms with Gasteiger partial charge in [0.05, 0.1) is 11.9 Å². The molecule has 0 saturated heterocycles. The van der Waals surface area contributed by atoms with E-state index in [4.69, 9.17) is 5.11 Å². The van der Waals surface area contributed by atoms with Crippen LogP contribution in [0.4, 0.5) is 0 Å². The first-order valence-corrected chi connectivity index (χ1v) is 6.43. The Hall–Kier alpha value is -1.60. The number of hydrogen-bond donors (Lipinski definition) is 2. The summed E-state index contributed by atoms with van der Waals surface area (Å²) in [6, 6.07) is 6.35. The van der Waals surface area contributed by atoms with Crippen molar-refractivity contribution in [2.75, 3.05) is 0 Å². The SMILES string of the molecule is O=C(O)c1ccc(Sc2nc[nH]c(=O)c2Br)cc1. The van der Waals surface area contributed by atoms with E-state index in [0.717, 1.165) is 4.90 Å². The number of rotatable bonds is 3. The molecule has 1 heterocycles. The largest absolute Gasteiger partial charge is 0.478 e. The first-order chi connectivity index (χ1) is 8.58. The highest BCUT2D eigenvalue weighted by Crippen LogP contribution is 2.29. The van der Waals surface area contributed by atoms with Crippen molar-refractivity contribution in [3.05, 3.63) is 51.0 Å². The van der Waals surface area contributed by atoms with Gasteiger partial charge in [-0.05, 0) is 40.2 Å². The zero-order valence-corrected chi connectivity index (χ0v) is 11.3. The summed E-state index contributed by atoms with van der Waals surface area (Å²) >= 11 is 4.43. The van der Waals surface area contributed by atoms with Crippen LogP contribution in [0.25, 0.3) is 0 Å². The Labute approximate surface area is 114 Å². The van der Waals surface area contributed by atoms with Crippen molar-refractivity contribution in [2.45, 2.75) is 9.92 Å². The summed E-state index contributed by atoms with van der Waals surface area (Å²) in [5.41, 5.74) is -0.0352. The van der Waals surface area contributed by atoms with E-state index in [-0.39, 0.29) is 11.1 Å². The molecule has 1 aromatic carbocycles. The topological polar surface area (TPSA) is 83.0 Å². The number of carboxylic acids is 1. The molecule has 0 aliphatic heterocycles. The number of aromatic carboxylic acids is 1. The molecule has 7 heteroatoms. The molecule has 92 valence electrons. The third-order valence-corrected chi connectivity index (χ3v) is 4.09. The number of hydrogen-bond acceptors (Lipinski definition) is 4. The Morgan fingerprint density at radius 1 is 1.33 bits per heavy atom. The first kappa shape index (κ1) is 12.8. The van der Waals surface area contributed by atoms with Gasteiger partial charge in [-0.15, -0.1) is 0 Å². The van der Waals surface area contributed by atoms with Gasteiger partial charge in [-0.25, -0.2) is 9.78 Å². The van der Waals surface area contributed by atoms with Crippen LogP contribution in [0, 0.1) is 0 Å². The van der Waals surface area contributed by atoms with Gasteiger partial charge in [0.25, 0.3) is 5.56 Å². The maximum Gasteiger partial charge on any atom is 0.335 e. The average molecular weight is 327 g/mol. The Morgan fingerprint density at radius 3 is 2.61 bits per heavy atom. The number of aromatic nitrogens is 2. The van der Waals surface area contributed by atoms with E-state index in [2.05, 4.69) is 25.9 Å². The van der Waals surface area contributed by atoms with Crippen molar-refractivity contribution in [3.63, 3.8) is 0 Å². The van der Waals surface area contributed by atoms with Crippen molar-refractivity contribution >= 4 is 33.7 Å². The van der Waals surface area contributed by atoms with Gasteiger partial charge in [0.15, 0.2) is 0 Å². The Kier molecular flexibility index (Phi) is 3.83. The molecule has 0 spiro atoms. The van der Waals surface area contributed by atoms with Crippen LogP contribution in [0.15, 0.2) is 49.8 Å². The van der Waals surface area contributed by atoms with Crippen molar-refractivity contribution in [2.24, 2.45) is 0 Å². The number of nitrogens with one attached hydrogen (secondary N) is 1. The minimum Gasteiger partial charge on any atom is -0.478 e. The van der Waals surface area contributed by atoms with Crippen molar-refractivity contribution in [1.82, 2.24) is 9.97 Å². The molecule has 0 atom stereocenters. The third-order valence-electron chi connectivity index (χ3n) is 2.08. The quantitative estimate of drug-likeness (QED) is 0.846. The van der Waals surface area contributed by atoms with Crippen LogP contribution in [0.1, 0.15) is 10.4 Å². The molecule has 18 heavy (non-hydrogen) atoms. The average Bonchev–Trinajstić information content (AvgIpc) is 2.36. The highest BCUT2D eigenvalue weighted by molar-refractivity contribution is 9.10. The van der Waals surface area contributed by atoms with Gasteiger partial charge < -0.3 is 10.1 Å². The number of nitrogens with zero attached hydrogens (tertiary/aromatic N) is 1. The molecule has 5 nitrogen and oxygen atoms in total. The van der Waals surface area contributed by atoms with E-state index in [1.54, 1.807) is 12.1 Å². The van der Waals surface area contributed by atoms with Crippen LogP contribution in [0.2, 0.25) is 0 Å².